The van der Waals surface area contributed by atoms with E-state index in [0.29, 0.717) is 12.8 Å². The number of rotatable bonds is 2. The molecule has 1 fully saturated rings. The number of ether oxygens (including phenoxy) is 1. The maximum atomic E-state index is 10.1. The van der Waals surface area contributed by atoms with Gasteiger partial charge in [0, 0.05) is 0 Å². The van der Waals surface area contributed by atoms with Crippen LogP contribution in [0.3, 0.4) is 0 Å². The van der Waals surface area contributed by atoms with Crippen LogP contribution >= 0.6 is 0 Å². The summed E-state index contributed by atoms with van der Waals surface area (Å²) in [7, 11) is 0. The molecule has 0 aliphatic carbocycles. The molecule has 1 saturated heterocycles. The Balaban J connectivity index is 2.79. The average molecular weight is 274 g/mol. The number of aliphatic hydroxyl groups excluding tert-OH is 3. The Labute approximate surface area is 116 Å². The molecule has 114 valence electrons. The molecule has 0 radical (unpaired) electrons. The van der Waals surface area contributed by atoms with Crippen molar-refractivity contribution < 1.29 is 20.1 Å². The largest absolute Gasteiger partial charge is 0.388 e. The Hall–Kier alpha value is -0.160. The van der Waals surface area contributed by atoms with Crippen molar-refractivity contribution >= 4 is 0 Å². The first-order chi connectivity index (χ1) is 8.41. The Kier molecular flexibility index (Phi) is 5.05. The smallest absolute Gasteiger partial charge is 0.111 e. The lowest BCUT2D eigenvalue weighted by molar-refractivity contribution is -0.233. The fourth-order valence-electron chi connectivity index (χ4n) is 2.57. The minimum atomic E-state index is -1.13. The lowest BCUT2D eigenvalue weighted by atomic mass is 9.80. The topological polar surface area (TPSA) is 69.9 Å². The Bertz CT molecular complexity index is 262. The third-order valence-electron chi connectivity index (χ3n) is 3.44. The molecule has 4 unspecified atom stereocenters. The van der Waals surface area contributed by atoms with E-state index in [1.165, 1.54) is 0 Å². The lowest BCUT2D eigenvalue weighted by Gasteiger charge is -2.44. The van der Waals surface area contributed by atoms with Crippen LogP contribution in [0.5, 0.6) is 0 Å². The Morgan fingerprint density at radius 1 is 0.684 bits per heavy atom. The van der Waals surface area contributed by atoms with Gasteiger partial charge in [-0.2, -0.15) is 0 Å². The Morgan fingerprint density at radius 2 is 1.00 bits per heavy atom. The highest BCUT2D eigenvalue weighted by Crippen LogP contribution is 2.34. The molecule has 1 heterocycles. The summed E-state index contributed by atoms with van der Waals surface area (Å²) in [6, 6.07) is 0. The summed E-state index contributed by atoms with van der Waals surface area (Å²) < 4.78 is 5.87. The van der Waals surface area contributed by atoms with Gasteiger partial charge in [-0.05, 0) is 23.7 Å². The molecule has 0 amide bonds. The second-order valence-electron chi connectivity index (χ2n) is 8.21. The highest BCUT2D eigenvalue weighted by Gasteiger charge is 2.45. The van der Waals surface area contributed by atoms with Gasteiger partial charge in [0.05, 0.1) is 12.2 Å². The van der Waals surface area contributed by atoms with E-state index in [1.807, 2.05) is 0 Å². The maximum absolute atomic E-state index is 10.1. The van der Waals surface area contributed by atoms with Crippen LogP contribution in [-0.2, 0) is 4.74 Å². The van der Waals surface area contributed by atoms with Crippen molar-refractivity contribution in [1.82, 2.24) is 0 Å². The average Bonchev–Trinajstić information content (AvgIpc) is 2.18. The van der Waals surface area contributed by atoms with Gasteiger partial charge in [0.1, 0.15) is 18.3 Å². The summed E-state index contributed by atoms with van der Waals surface area (Å²) >= 11 is 0. The monoisotopic (exact) mass is 274 g/mol. The van der Waals surface area contributed by atoms with Gasteiger partial charge in [-0.25, -0.2) is 0 Å². The molecule has 0 saturated carbocycles. The van der Waals surface area contributed by atoms with Crippen molar-refractivity contribution in [3.05, 3.63) is 0 Å². The van der Waals surface area contributed by atoms with Gasteiger partial charge >= 0.3 is 0 Å². The summed E-state index contributed by atoms with van der Waals surface area (Å²) in [6.45, 7) is 12.4. The molecule has 4 heteroatoms. The summed E-state index contributed by atoms with van der Waals surface area (Å²) in [5, 5.41) is 30.1. The summed E-state index contributed by atoms with van der Waals surface area (Å²) in [5.74, 6) is 0. The third kappa shape index (κ3) is 5.03. The van der Waals surface area contributed by atoms with E-state index in [-0.39, 0.29) is 10.8 Å². The van der Waals surface area contributed by atoms with Crippen LogP contribution in [0.15, 0.2) is 0 Å². The van der Waals surface area contributed by atoms with Crippen molar-refractivity contribution in [3.63, 3.8) is 0 Å². The van der Waals surface area contributed by atoms with Crippen molar-refractivity contribution in [2.24, 2.45) is 10.8 Å². The third-order valence-corrected chi connectivity index (χ3v) is 3.44. The molecule has 0 spiro atoms. The highest BCUT2D eigenvalue weighted by atomic mass is 16.5. The zero-order valence-corrected chi connectivity index (χ0v) is 13.1. The molecule has 0 aromatic carbocycles. The van der Waals surface area contributed by atoms with Crippen LogP contribution in [0.2, 0.25) is 0 Å². The molecular formula is C15H30O4. The van der Waals surface area contributed by atoms with Gasteiger partial charge in [-0.1, -0.05) is 41.5 Å². The van der Waals surface area contributed by atoms with Crippen molar-refractivity contribution in [2.75, 3.05) is 0 Å². The molecule has 3 N–H and O–H groups in total. The molecule has 0 bridgehead atoms. The summed E-state index contributed by atoms with van der Waals surface area (Å²) in [4.78, 5) is 0. The van der Waals surface area contributed by atoms with Crippen LogP contribution in [-0.4, -0.2) is 45.8 Å². The quantitative estimate of drug-likeness (QED) is 0.717. The first-order valence-electron chi connectivity index (χ1n) is 7.10. The second kappa shape index (κ2) is 5.68. The van der Waals surface area contributed by atoms with Crippen molar-refractivity contribution in [2.45, 2.75) is 84.9 Å². The van der Waals surface area contributed by atoms with E-state index < -0.39 is 30.5 Å². The number of hydrogen-bond acceptors (Lipinski definition) is 4. The second-order valence-corrected chi connectivity index (χ2v) is 8.21. The van der Waals surface area contributed by atoms with E-state index in [0.717, 1.165) is 0 Å². The zero-order valence-electron chi connectivity index (χ0n) is 13.1. The van der Waals surface area contributed by atoms with Crippen LogP contribution in [0.1, 0.15) is 54.4 Å². The van der Waals surface area contributed by atoms with E-state index >= 15 is 0 Å². The first-order valence-corrected chi connectivity index (χ1v) is 7.10. The lowest BCUT2D eigenvalue weighted by Crippen LogP contribution is -2.58. The molecule has 1 rings (SSSR count). The maximum Gasteiger partial charge on any atom is 0.111 e. The number of aliphatic hydroxyl groups is 3. The number of hydrogen-bond donors (Lipinski definition) is 3. The van der Waals surface area contributed by atoms with Crippen molar-refractivity contribution in [1.29, 1.82) is 0 Å². The molecular weight excluding hydrogens is 244 g/mol. The van der Waals surface area contributed by atoms with Crippen LogP contribution in [0.4, 0.5) is 0 Å². The molecule has 4 atom stereocenters. The van der Waals surface area contributed by atoms with Crippen LogP contribution < -0.4 is 0 Å². The van der Waals surface area contributed by atoms with Gasteiger partial charge in [0.15, 0.2) is 0 Å². The predicted molar refractivity (Wildman–Crippen MR) is 74.8 cm³/mol. The van der Waals surface area contributed by atoms with Gasteiger partial charge < -0.3 is 20.1 Å². The van der Waals surface area contributed by atoms with Gasteiger partial charge in [0.2, 0.25) is 0 Å². The molecule has 19 heavy (non-hydrogen) atoms. The first kappa shape index (κ1) is 16.9. The minimum Gasteiger partial charge on any atom is -0.388 e. The van der Waals surface area contributed by atoms with E-state index in [1.54, 1.807) is 0 Å². The molecule has 1 aliphatic heterocycles. The summed E-state index contributed by atoms with van der Waals surface area (Å²) in [5.41, 5.74) is -0.000116. The fraction of sp³-hybridized carbons (Fsp3) is 1.00. The van der Waals surface area contributed by atoms with Crippen LogP contribution in [0, 0.1) is 10.8 Å². The van der Waals surface area contributed by atoms with Gasteiger partial charge in [-0.3, -0.25) is 0 Å². The molecule has 4 nitrogen and oxygen atoms in total. The summed E-state index contributed by atoms with van der Waals surface area (Å²) in [6.07, 6.45) is -2.72. The van der Waals surface area contributed by atoms with Crippen molar-refractivity contribution in [3.8, 4) is 0 Å². The normalized spacial score (nSPS) is 37.4. The SMILES string of the molecule is CC(C)(C)CC1OC(CC(C)(C)C)C(O)C(O)C1O. The Morgan fingerprint density at radius 3 is 1.26 bits per heavy atom. The van der Waals surface area contributed by atoms with Crippen LogP contribution in [0.25, 0.3) is 0 Å². The molecule has 0 aromatic heterocycles. The zero-order chi connectivity index (χ0) is 15.0. The standard InChI is InChI=1S/C15H30O4/c1-14(2,3)7-9-11(16)13(18)12(17)10(19-9)8-15(4,5)6/h9-13,16-18H,7-8H2,1-6H3. The molecule has 1 aliphatic rings. The van der Waals surface area contributed by atoms with E-state index in [9.17, 15) is 15.3 Å². The minimum absolute atomic E-state index is 0.0000580. The van der Waals surface area contributed by atoms with Gasteiger partial charge in [0.25, 0.3) is 0 Å². The van der Waals surface area contributed by atoms with E-state index in [4.69, 9.17) is 4.74 Å². The highest BCUT2D eigenvalue weighted by molar-refractivity contribution is 4.94. The van der Waals surface area contributed by atoms with E-state index in [2.05, 4.69) is 41.5 Å². The van der Waals surface area contributed by atoms with Gasteiger partial charge in [-0.15, -0.1) is 0 Å². The molecule has 0 aromatic rings. The predicted octanol–water partition coefficient (Wildman–Crippen LogP) is 1.71. The fourth-order valence-corrected chi connectivity index (χ4v) is 2.57.